The second-order valence-corrected chi connectivity index (χ2v) is 5.06. The highest BCUT2D eigenvalue weighted by molar-refractivity contribution is 5.79. The maximum atomic E-state index is 12.2. The summed E-state index contributed by atoms with van der Waals surface area (Å²) in [4.78, 5) is 14.2. The second-order valence-electron chi connectivity index (χ2n) is 5.06. The Morgan fingerprint density at radius 3 is 3.11 bits per heavy atom. The van der Waals surface area contributed by atoms with Crippen molar-refractivity contribution in [3.63, 3.8) is 0 Å². The molecule has 5 heteroatoms. The van der Waals surface area contributed by atoms with Crippen LogP contribution >= 0.6 is 0 Å². The quantitative estimate of drug-likeness (QED) is 0.855. The summed E-state index contributed by atoms with van der Waals surface area (Å²) in [6.45, 7) is 4.80. The molecule has 19 heavy (non-hydrogen) atoms. The number of hydrogen-bond donors (Lipinski definition) is 1. The summed E-state index contributed by atoms with van der Waals surface area (Å²) in [7, 11) is 0. The van der Waals surface area contributed by atoms with Gasteiger partial charge in [-0.1, -0.05) is 6.07 Å². The average molecular weight is 262 g/mol. The van der Waals surface area contributed by atoms with Gasteiger partial charge in [0.1, 0.15) is 0 Å². The van der Waals surface area contributed by atoms with E-state index < -0.39 is 0 Å². The van der Waals surface area contributed by atoms with Crippen molar-refractivity contribution in [3.05, 3.63) is 23.8 Å². The summed E-state index contributed by atoms with van der Waals surface area (Å²) in [6.07, 6.45) is 0.420. The summed E-state index contributed by atoms with van der Waals surface area (Å²) in [5, 5.41) is 3.33. The Morgan fingerprint density at radius 1 is 1.42 bits per heavy atom. The van der Waals surface area contributed by atoms with Crippen LogP contribution in [0, 0.1) is 0 Å². The Bertz CT molecular complexity index is 490. The van der Waals surface area contributed by atoms with E-state index in [0.717, 1.165) is 36.7 Å². The van der Waals surface area contributed by atoms with Gasteiger partial charge >= 0.3 is 0 Å². The van der Waals surface area contributed by atoms with Gasteiger partial charge in [-0.3, -0.25) is 4.79 Å². The molecule has 0 radical (unpaired) electrons. The van der Waals surface area contributed by atoms with Gasteiger partial charge in [-0.25, -0.2) is 0 Å². The molecule has 3 rings (SSSR count). The van der Waals surface area contributed by atoms with Gasteiger partial charge in [-0.05, 0) is 24.6 Å². The molecule has 2 heterocycles. The van der Waals surface area contributed by atoms with Gasteiger partial charge in [0, 0.05) is 25.7 Å². The molecule has 2 aliphatic rings. The molecule has 102 valence electrons. The van der Waals surface area contributed by atoms with E-state index in [1.165, 1.54) is 0 Å². The van der Waals surface area contributed by atoms with E-state index in [2.05, 4.69) is 12.2 Å². The van der Waals surface area contributed by atoms with E-state index in [1.54, 1.807) is 0 Å². The third-order valence-electron chi connectivity index (χ3n) is 3.51. The highest BCUT2D eigenvalue weighted by atomic mass is 16.7. The van der Waals surface area contributed by atoms with Crippen LogP contribution in [0.2, 0.25) is 0 Å². The van der Waals surface area contributed by atoms with Gasteiger partial charge in [0.15, 0.2) is 11.5 Å². The van der Waals surface area contributed by atoms with Crippen molar-refractivity contribution in [1.29, 1.82) is 0 Å². The number of hydrogen-bond acceptors (Lipinski definition) is 4. The summed E-state index contributed by atoms with van der Waals surface area (Å²) in [5.74, 6) is 1.66. The van der Waals surface area contributed by atoms with Crippen molar-refractivity contribution in [2.75, 3.05) is 26.4 Å². The summed E-state index contributed by atoms with van der Waals surface area (Å²) in [6, 6.07) is 6.06. The predicted octanol–water partition coefficient (Wildman–Crippen LogP) is 0.778. The number of nitrogens with one attached hydrogen (secondary N) is 1. The first-order chi connectivity index (χ1) is 9.22. The zero-order valence-corrected chi connectivity index (χ0v) is 11.0. The number of carbonyl (C=O) groups excluding carboxylic acids is 1. The minimum Gasteiger partial charge on any atom is -0.454 e. The van der Waals surface area contributed by atoms with Gasteiger partial charge in [0.2, 0.25) is 12.7 Å². The van der Waals surface area contributed by atoms with Gasteiger partial charge < -0.3 is 19.7 Å². The maximum Gasteiger partial charge on any atom is 0.231 e. The minimum atomic E-state index is 0.173. The maximum absolute atomic E-state index is 12.2. The van der Waals surface area contributed by atoms with Crippen LogP contribution in [0.4, 0.5) is 0 Å². The molecule has 0 bridgehead atoms. The Labute approximate surface area is 112 Å². The topological polar surface area (TPSA) is 50.8 Å². The van der Waals surface area contributed by atoms with Crippen molar-refractivity contribution >= 4 is 5.91 Å². The molecular formula is C14H18N2O3. The standard InChI is InChI=1S/C14H18N2O3/c1-10-8-16(5-4-15-10)14(17)7-11-2-3-12-13(6-11)19-9-18-12/h2-3,6,10,15H,4-5,7-9H2,1H3. The van der Waals surface area contributed by atoms with E-state index in [0.29, 0.717) is 12.5 Å². The van der Waals surface area contributed by atoms with Gasteiger partial charge in [-0.15, -0.1) is 0 Å². The number of rotatable bonds is 2. The first kappa shape index (κ1) is 12.3. The van der Waals surface area contributed by atoms with Crippen molar-refractivity contribution in [2.45, 2.75) is 19.4 Å². The van der Waals surface area contributed by atoms with E-state index >= 15 is 0 Å². The number of piperazine rings is 1. The molecule has 2 aliphatic heterocycles. The number of ether oxygens (including phenoxy) is 2. The smallest absolute Gasteiger partial charge is 0.231 e. The molecule has 0 aliphatic carbocycles. The summed E-state index contributed by atoms with van der Waals surface area (Å²) in [5.41, 5.74) is 0.973. The van der Waals surface area contributed by atoms with Gasteiger partial charge in [-0.2, -0.15) is 0 Å². The number of benzene rings is 1. The first-order valence-electron chi connectivity index (χ1n) is 6.62. The third kappa shape index (κ3) is 2.66. The fraction of sp³-hybridized carbons (Fsp3) is 0.500. The Morgan fingerprint density at radius 2 is 2.26 bits per heavy atom. The number of carbonyl (C=O) groups is 1. The second kappa shape index (κ2) is 5.09. The van der Waals surface area contributed by atoms with Crippen LogP contribution in [0.15, 0.2) is 18.2 Å². The van der Waals surface area contributed by atoms with E-state index in [1.807, 2.05) is 23.1 Å². The summed E-state index contributed by atoms with van der Waals surface area (Å²) < 4.78 is 10.6. The molecule has 0 saturated carbocycles. The molecule has 1 fully saturated rings. The Balaban J connectivity index is 1.66. The van der Waals surface area contributed by atoms with E-state index in [-0.39, 0.29) is 12.7 Å². The van der Waals surface area contributed by atoms with Crippen LogP contribution in [-0.2, 0) is 11.2 Å². The van der Waals surface area contributed by atoms with Crippen molar-refractivity contribution in [3.8, 4) is 11.5 Å². The molecule has 1 atom stereocenters. The Hall–Kier alpha value is -1.75. The zero-order chi connectivity index (χ0) is 13.2. The number of nitrogens with zero attached hydrogens (tertiary/aromatic N) is 1. The molecule has 1 aromatic rings. The fourth-order valence-electron chi connectivity index (χ4n) is 2.50. The van der Waals surface area contributed by atoms with Crippen molar-refractivity contribution < 1.29 is 14.3 Å². The average Bonchev–Trinajstić information content (AvgIpc) is 2.86. The fourth-order valence-corrected chi connectivity index (χ4v) is 2.50. The minimum absolute atomic E-state index is 0.173. The molecule has 1 aromatic carbocycles. The van der Waals surface area contributed by atoms with Crippen LogP contribution in [0.1, 0.15) is 12.5 Å². The normalized spacial score (nSPS) is 21.5. The lowest BCUT2D eigenvalue weighted by atomic mass is 10.1. The largest absolute Gasteiger partial charge is 0.454 e. The predicted molar refractivity (Wildman–Crippen MR) is 70.3 cm³/mol. The van der Waals surface area contributed by atoms with Gasteiger partial charge in [0.05, 0.1) is 6.42 Å². The van der Waals surface area contributed by atoms with Crippen LogP contribution in [0.3, 0.4) is 0 Å². The van der Waals surface area contributed by atoms with Crippen LogP contribution in [0.5, 0.6) is 11.5 Å². The number of fused-ring (bicyclic) bond motifs is 1. The molecule has 1 unspecified atom stereocenters. The van der Waals surface area contributed by atoms with Crippen molar-refractivity contribution in [1.82, 2.24) is 10.2 Å². The lowest BCUT2D eigenvalue weighted by Crippen LogP contribution is -2.51. The zero-order valence-electron chi connectivity index (χ0n) is 11.0. The molecule has 1 N–H and O–H groups in total. The van der Waals surface area contributed by atoms with Gasteiger partial charge in [0.25, 0.3) is 0 Å². The molecule has 5 nitrogen and oxygen atoms in total. The highest BCUT2D eigenvalue weighted by Crippen LogP contribution is 2.32. The monoisotopic (exact) mass is 262 g/mol. The molecular weight excluding hydrogens is 244 g/mol. The lowest BCUT2D eigenvalue weighted by molar-refractivity contribution is -0.131. The number of amides is 1. The molecule has 0 spiro atoms. The molecule has 1 saturated heterocycles. The van der Waals surface area contributed by atoms with Crippen LogP contribution in [0.25, 0.3) is 0 Å². The van der Waals surface area contributed by atoms with E-state index in [4.69, 9.17) is 9.47 Å². The molecule has 1 amide bonds. The first-order valence-corrected chi connectivity index (χ1v) is 6.62. The lowest BCUT2D eigenvalue weighted by Gasteiger charge is -2.32. The Kier molecular flexibility index (Phi) is 3.29. The van der Waals surface area contributed by atoms with E-state index in [9.17, 15) is 4.79 Å². The summed E-state index contributed by atoms with van der Waals surface area (Å²) >= 11 is 0. The molecule has 0 aromatic heterocycles. The third-order valence-corrected chi connectivity index (χ3v) is 3.51. The van der Waals surface area contributed by atoms with Crippen LogP contribution < -0.4 is 14.8 Å². The highest BCUT2D eigenvalue weighted by Gasteiger charge is 2.21. The van der Waals surface area contributed by atoms with Crippen LogP contribution in [-0.4, -0.2) is 43.3 Å². The SMILES string of the molecule is CC1CN(C(=O)Cc2ccc3c(c2)OCO3)CCN1. The van der Waals surface area contributed by atoms with Crippen molar-refractivity contribution in [2.24, 2.45) is 0 Å².